The largest absolute Gasteiger partial charge is 0.379 e. The van der Waals surface area contributed by atoms with Crippen LogP contribution >= 0.6 is 24.0 Å². The maximum atomic E-state index is 13.2. The number of hydrogen-bond donors (Lipinski definition) is 2. The summed E-state index contributed by atoms with van der Waals surface area (Å²) in [5.41, 5.74) is 0.854. The Bertz CT molecular complexity index is 511. The molecule has 142 valence electrons. The summed E-state index contributed by atoms with van der Waals surface area (Å²) in [6, 6.07) is 6.51. The molecule has 1 unspecified atom stereocenters. The second kappa shape index (κ2) is 13.3. The molecule has 0 aliphatic carbocycles. The van der Waals surface area contributed by atoms with Crippen LogP contribution in [0.4, 0.5) is 4.39 Å². The molecule has 0 bridgehead atoms. The smallest absolute Gasteiger partial charge is 0.191 e. The van der Waals surface area contributed by atoms with Crippen molar-refractivity contribution in [1.82, 2.24) is 10.6 Å². The molecule has 5 nitrogen and oxygen atoms in total. The summed E-state index contributed by atoms with van der Waals surface area (Å²) in [5.74, 6) is 0.505. The van der Waals surface area contributed by atoms with E-state index in [0.29, 0.717) is 19.8 Å². The summed E-state index contributed by atoms with van der Waals surface area (Å²) < 4.78 is 24.3. The predicted molar refractivity (Wildman–Crippen MR) is 109 cm³/mol. The van der Waals surface area contributed by atoms with Crippen molar-refractivity contribution in [1.29, 1.82) is 0 Å². The van der Waals surface area contributed by atoms with Crippen molar-refractivity contribution in [3.63, 3.8) is 0 Å². The van der Waals surface area contributed by atoms with E-state index in [1.807, 2.05) is 13.0 Å². The molecule has 2 N–H and O–H groups in total. The van der Waals surface area contributed by atoms with Crippen molar-refractivity contribution in [2.24, 2.45) is 4.99 Å². The first-order chi connectivity index (χ1) is 11.8. The fraction of sp³-hybridized carbons (Fsp3) is 0.611. The van der Waals surface area contributed by atoms with Gasteiger partial charge in [0.15, 0.2) is 5.96 Å². The van der Waals surface area contributed by atoms with Crippen LogP contribution in [0.25, 0.3) is 0 Å². The number of ether oxygens (including phenoxy) is 2. The summed E-state index contributed by atoms with van der Waals surface area (Å²) >= 11 is 0. The number of rotatable bonds is 9. The molecule has 1 aliphatic heterocycles. The fourth-order valence-corrected chi connectivity index (χ4v) is 2.52. The number of benzene rings is 1. The van der Waals surface area contributed by atoms with Crippen LogP contribution in [0.5, 0.6) is 0 Å². The number of nitrogens with one attached hydrogen (secondary N) is 2. The van der Waals surface area contributed by atoms with Crippen LogP contribution in [-0.2, 0) is 16.0 Å². The zero-order valence-electron chi connectivity index (χ0n) is 14.8. The summed E-state index contributed by atoms with van der Waals surface area (Å²) in [7, 11) is 0. The normalized spacial score (nSPS) is 17.2. The number of halogens is 2. The molecule has 1 heterocycles. The van der Waals surface area contributed by atoms with Gasteiger partial charge in [0.2, 0.25) is 0 Å². The van der Waals surface area contributed by atoms with E-state index in [1.165, 1.54) is 12.1 Å². The van der Waals surface area contributed by atoms with Crippen LogP contribution in [0.3, 0.4) is 0 Å². The lowest BCUT2D eigenvalue weighted by Gasteiger charge is -2.12. The lowest BCUT2D eigenvalue weighted by molar-refractivity contribution is 0.0168. The SMILES string of the molecule is CCNC(=NCc1cccc(F)c1)NCCCOCC1CCCO1.I. The minimum Gasteiger partial charge on any atom is -0.379 e. The van der Waals surface area contributed by atoms with Gasteiger partial charge in [-0.25, -0.2) is 9.38 Å². The minimum absolute atomic E-state index is 0. The molecule has 0 saturated carbocycles. The number of hydrogen-bond acceptors (Lipinski definition) is 3. The Hall–Kier alpha value is -0.930. The average Bonchev–Trinajstić information content (AvgIpc) is 3.09. The van der Waals surface area contributed by atoms with Gasteiger partial charge in [-0.1, -0.05) is 12.1 Å². The monoisotopic (exact) mass is 465 g/mol. The predicted octanol–water partition coefficient (Wildman–Crippen LogP) is 3.08. The van der Waals surface area contributed by atoms with Crippen molar-refractivity contribution in [3.05, 3.63) is 35.6 Å². The third-order valence-electron chi connectivity index (χ3n) is 3.74. The summed E-state index contributed by atoms with van der Waals surface area (Å²) in [5, 5.41) is 6.46. The van der Waals surface area contributed by atoms with Crippen LogP contribution in [0.15, 0.2) is 29.3 Å². The molecule has 1 aliphatic rings. The minimum atomic E-state index is -0.232. The van der Waals surface area contributed by atoms with Crippen LogP contribution in [0.2, 0.25) is 0 Å². The molecule has 1 aromatic carbocycles. The Morgan fingerprint density at radius 1 is 1.40 bits per heavy atom. The molecule has 7 heteroatoms. The van der Waals surface area contributed by atoms with Gasteiger partial charge in [-0.2, -0.15) is 0 Å². The Kier molecular flexibility index (Phi) is 11.8. The summed E-state index contributed by atoms with van der Waals surface area (Å²) in [4.78, 5) is 4.47. The molecule has 2 rings (SSSR count). The van der Waals surface area contributed by atoms with E-state index in [-0.39, 0.29) is 35.9 Å². The van der Waals surface area contributed by atoms with Gasteiger partial charge < -0.3 is 20.1 Å². The van der Waals surface area contributed by atoms with Gasteiger partial charge in [0.05, 0.1) is 19.3 Å². The Labute approximate surface area is 166 Å². The van der Waals surface area contributed by atoms with E-state index >= 15 is 0 Å². The quantitative estimate of drug-likeness (QED) is 0.255. The van der Waals surface area contributed by atoms with Gasteiger partial charge >= 0.3 is 0 Å². The standard InChI is InChI=1S/C18H28FN3O2.HI/c1-2-20-18(22-13-15-6-3-7-16(19)12-15)21-9-5-10-23-14-17-8-4-11-24-17;/h3,6-7,12,17H,2,4-5,8-11,13-14H2,1H3,(H2,20,21,22);1H. The third-order valence-corrected chi connectivity index (χ3v) is 3.74. The third kappa shape index (κ3) is 9.37. The van der Waals surface area contributed by atoms with Gasteiger partial charge in [0.25, 0.3) is 0 Å². The van der Waals surface area contributed by atoms with E-state index in [1.54, 1.807) is 6.07 Å². The lowest BCUT2D eigenvalue weighted by atomic mass is 10.2. The molecule has 0 amide bonds. The molecule has 25 heavy (non-hydrogen) atoms. The van der Waals surface area contributed by atoms with Crippen molar-refractivity contribution >= 4 is 29.9 Å². The number of guanidine groups is 1. The Morgan fingerprint density at radius 2 is 2.28 bits per heavy atom. The highest BCUT2D eigenvalue weighted by Gasteiger charge is 2.14. The van der Waals surface area contributed by atoms with E-state index in [2.05, 4.69) is 15.6 Å². The van der Waals surface area contributed by atoms with Gasteiger partial charge in [-0.05, 0) is 43.9 Å². The van der Waals surface area contributed by atoms with Crippen molar-refractivity contribution in [2.45, 2.75) is 38.8 Å². The zero-order chi connectivity index (χ0) is 17.0. The van der Waals surface area contributed by atoms with Crippen LogP contribution < -0.4 is 10.6 Å². The van der Waals surface area contributed by atoms with Crippen LogP contribution in [0.1, 0.15) is 31.7 Å². The van der Waals surface area contributed by atoms with E-state index in [0.717, 1.165) is 50.5 Å². The first-order valence-corrected chi connectivity index (χ1v) is 8.74. The van der Waals surface area contributed by atoms with Crippen molar-refractivity contribution in [3.8, 4) is 0 Å². The molecular formula is C18H29FIN3O2. The molecule has 1 saturated heterocycles. The molecule has 1 fully saturated rings. The maximum Gasteiger partial charge on any atom is 0.191 e. The Morgan fingerprint density at radius 3 is 3.00 bits per heavy atom. The lowest BCUT2D eigenvalue weighted by Crippen LogP contribution is -2.38. The second-order valence-corrected chi connectivity index (χ2v) is 5.82. The first kappa shape index (κ1) is 22.1. The number of aliphatic imine (C=N–C) groups is 1. The highest BCUT2D eigenvalue weighted by atomic mass is 127. The molecule has 1 aromatic rings. The fourth-order valence-electron chi connectivity index (χ4n) is 2.52. The second-order valence-electron chi connectivity index (χ2n) is 5.82. The van der Waals surface area contributed by atoms with Gasteiger partial charge in [0, 0.05) is 26.3 Å². The van der Waals surface area contributed by atoms with E-state index < -0.39 is 0 Å². The molecule has 1 atom stereocenters. The van der Waals surface area contributed by atoms with Crippen LogP contribution in [-0.4, -0.2) is 45.0 Å². The number of nitrogens with zero attached hydrogens (tertiary/aromatic N) is 1. The molecule has 0 aromatic heterocycles. The highest BCUT2D eigenvalue weighted by molar-refractivity contribution is 14.0. The average molecular weight is 465 g/mol. The maximum absolute atomic E-state index is 13.2. The van der Waals surface area contributed by atoms with Gasteiger partial charge in [-0.3, -0.25) is 0 Å². The topological polar surface area (TPSA) is 54.9 Å². The zero-order valence-corrected chi connectivity index (χ0v) is 17.1. The van der Waals surface area contributed by atoms with Gasteiger partial charge in [-0.15, -0.1) is 24.0 Å². The van der Waals surface area contributed by atoms with E-state index in [9.17, 15) is 4.39 Å². The highest BCUT2D eigenvalue weighted by Crippen LogP contribution is 2.11. The Balaban J connectivity index is 0.00000312. The summed E-state index contributed by atoms with van der Waals surface area (Å²) in [6.07, 6.45) is 3.43. The molecule has 0 radical (unpaired) electrons. The summed E-state index contributed by atoms with van der Waals surface area (Å²) in [6.45, 7) is 6.28. The van der Waals surface area contributed by atoms with Crippen LogP contribution in [0, 0.1) is 5.82 Å². The molecule has 0 spiro atoms. The van der Waals surface area contributed by atoms with Crippen molar-refractivity contribution in [2.75, 3.05) is 32.9 Å². The molecular weight excluding hydrogens is 436 g/mol. The van der Waals surface area contributed by atoms with Crippen molar-refractivity contribution < 1.29 is 13.9 Å². The van der Waals surface area contributed by atoms with E-state index in [4.69, 9.17) is 9.47 Å². The van der Waals surface area contributed by atoms with Gasteiger partial charge in [0.1, 0.15) is 5.82 Å². The first-order valence-electron chi connectivity index (χ1n) is 8.74.